The van der Waals surface area contributed by atoms with E-state index in [0.717, 1.165) is 17.4 Å². The molecular formula is C11H18BrClN2O2S. The second-order valence-corrected chi connectivity index (χ2v) is 6.69. The molecule has 1 N–H and O–H groups in total. The Morgan fingerprint density at radius 1 is 1.33 bits per heavy atom. The Bertz CT molecular complexity index is 466. The van der Waals surface area contributed by atoms with Gasteiger partial charge < -0.3 is 4.90 Å². The Morgan fingerprint density at radius 2 is 2.00 bits per heavy atom. The number of rotatable bonds is 6. The number of hydrogen-bond acceptors (Lipinski definition) is 3. The Balaban J connectivity index is 0.00000289. The van der Waals surface area contributed by atoms with Gasteiger partial charge in [0.1, 0.15) is 0 Å². The van der Waals surface area contributed by atoms with Crippen LogP contribution in [0.15, 0.2) is 33.6 Å². The van der Waals surface area contributed by atoms with E-state index in [9.17, 15) is 8.42 Å². The molecule has 0 aliphatic carbocycles. The number of nitrogens with one attached hydrogen (secondary N) is 1. The van der Waals surface area contributed by atoms with Gasteiger partial charge in [0.15, 0.2) is 0 Å². The van der Waals surface area contributed by atoms with Crippen molar-refractivity contribution in [2.45, 2.75) is 11.3 Å². The van der Waals surface area contributed by atoms with Crippen LogP contribution in [-0.4, -0.2) is 40.5 Å². The average molecular weight is 358 g/mol. The third-order valence-electron chi connectivity index (χ3n) is 2.18. The van der Waals surface area contributed by atoms with E-state index in [1.807, 2.05) is 19.0 Å². The molecule has 0 radical (unpaired) electrons. The van der Waals surface area contributed by atoms with E-state index in [0.29, 0.717) is 6.54 Å². The van der Waals surface area contributed by atoms with Crippen LogP contribution in [-0.2, 0) is 10.0 Å². The highest BCUT2D eigenvalue weighted by Gasteiger charge is 2.12. The highest BCUT2D eigenvalue weighted by atomic mass is 79.9. The molecule has 0 atom stereocenters. The number of hydrogen-bond donors (Lipinski definition) is 1. The van der Waals surface area contributed by atoms with Gasteiger partial charge >= 0.3 is 0 Å². The lowest BCUT2D eigenvalue weighted by Gasteiger charge is -2.10. The molecule has 0 heterocycles. The van der Waals surface area contributed by atoms with E-state index in [1.165, 1.54) is 0 Å². The predicted octanol–water partition coefficient (Wildman–Crippen LogP) is 2.10. The first-order valence-electron chi connectivity index (χ1n) is 5.32. The van der Waals surface area contributed by atoms with E-state index >= 15 is 0 Å². The number of benzene rings is 1. The van der Waals surface area contributed by atoms with Gasteiger partial charge in [-0.05, 0) is 45.3 Å². The van der Waals surface area contributed by atoms with Crippen LogP contribution in [0.5, 0.6) is 0 Å². The Kier molecular flexibility index (Phi) is 8.05. The van der Waals surface area contributed by atoms with Gasteiger partial charge in [-0.25, -0.2) is 13.1 Å². The molecule has 0 saturated heterocycles. The van der Waals surface area contributed by atoms with Crippen molar-refractivity contribution in [3.8, 4) is 0 Å². The van der Waals surface area contributed by atoms with Crippen molar-refractivity contribution < 1.29 is 8.42 Å². The molecule has 0 bridgehead atoms. The van der Waals surface area contributed by atoms with Crippen molar-refractivity contribution in [2.24, 2.45) is 0 Å². The molecule has 104 valence electrons. The molecule has 7 heteroatoms. The molecule has 0 unspecified atom stereocenters. The maximum atomic E-state index is 11.9. The van der Waals surface area contributed by atoms with Crippen LogP contribution >= 0.6 is 28.3 Å². The fraction of sp³-hybridized carbons (Fsp3) is 0.455. The molecular weight excluding hydrogens is 340 g/mol. The normalized spacial score (nSPS) is 11.3. The Morgan fingerprint density at radius 3 is 2.56 bits per heavy atom. The number of sulfonamides is 1. The van der Waals surface area contributed by atoms with Crippen molar-refractivity contribution in [2.75, 3.05) is 27.2 Å². The molecule has 0 saturated carbocycles. The minimum absolute atomic E-state index is 0. The maximum absolute atomic E-state index is 11.9. The molecule has 0 fully saturated rings. The quantitative estimate of drug-likeness (QED) is 0.793. The molecule has 0 aliphatic heterocycles. The zero-order valence-corrected chi connectivity index (χ0v) is 13.6. The Labute approximate surface area is 123 Å². The first-order chi connectivity index (χ1) is 7.92. The standard InChI is InChI=1S/C11H17BrN2O2S.ClH/c1-14(2)8-4-7-13-17(15,16)11-6-3-5-10(12)9-11;/h3,5-6,9,13H,4,7-8H2,1-2H3;1H. The lowest BCUT2D eigenvalue weighted by molar-refractivity contribution is 0.400. The van der Waals surface area contributed by atoms with Crippen LogP contribution in [0.4, 0.5) is 0 Å². The molecule has 18 heavy (non-hydrogen) atoms. The van der Waals surface area contributed by atoms with E-state index in [4.69, 9.17) is 0 Å². The summed E-state index contributed by atoms with van der Waals surface area (Å²) in [5.41, 5.74) is 0. The lowest BCUT2D eigenvalue weighted by Crippen LogP contribution is -2.27. The zero-order chi connectivity index (χ0) is 12.9. The van der Waals surface area contributed by atoms with E-state index in [2.05, 4.69) is 20.7 Å². The molecule has 1 rings (SSSR count). The van der Waals surface area contributed by atoms with Crippen molar-refractivity contribution in [3.05, 3.63) is 28.7 Å². The van der Waals surface area contributed by atoms with Gasteiger partial charge in [0, 0.05) is 11.0 Å². The van der Waals surface area contributed by atoms with E-state index in [-0.39, 0.29) is 17.3 Å². The van der Waals surface area contributed by atoms with E-state index in [1.54, 1.807) is 24.3 Å². The van der Waals surface area contributed by atoms with Crippen LogP contribution < -0.4 is 4.72 Å². The molecule has 1 aromatic carbocycles. The van der Waals surface area contributed by atoms with E-state index < -0.39 is 10.0 Å². The Hall–Kier alpha value is -0.140. The predicted molar refractivity (Wildman–Crippen MR) is 79.7 cm³/mol. The van der Waals surface area contributed by atoms with Crippen molar-refractivity contribution in [1.29, 1.82) is 0 Å². The van der Waals surface area contributed by atoms with Gasteiger partial charge in [-0.1, -0.05) is 22.0 Å². The summed E-state index contributed by atoms with van der Waals surface area (Å²) in [7, 11) is 0.543. The fourth-order valence-corrected chi connectivity index (χ4v) is 2.99. The molecule has 0 aromatic heterocycles. The summed E-state index contributed by atoms with van der Waals surface area (Å²) >= 11 is 3.26. The summed E-state index contributed by atoms with van der Waals surface area (Å²) in [6.07, 6.45) is 0.792. The van der Waals surface area contributed by atoms with Crippen molar-refractivity contribution >= 4 is 38.4 Å². The van der Waals surface area contributed by atoms with Gasteiger partial charge in [0.2, 0.25) is 10.0 Å². The van der Waals surface area contributed by atoms with Crippen molar-refractivity contribution in [1.82, 2.24) is 9.62 Å². The largest absolute Gasteiger partial charge is 0.309 e. The van der Waals surface area contributed by atoms with Crippen molar-refractivity contribution in [3.63, 3.8) is 0 Å². The van der Waals surface area contributed by atoms with Crippen LogP contribution in [0.2, 0.25) is 0 Å². The smallest absolute Gasteiger partial charge is 0.240 e. The van der Waals surface area contributed by atoms with Crippen LogP contribution in [0.25, 0.3) is 0 Å². The number of nitrogens with zero attached hydrogens (tertiary/aromatic N) is 1. The minimum atomic E-state index is -3.38. The van der Waals surface area contributed by atoms with Crippen LogP contribution in [0, 0.1) is 0 Å². The molecule has 1 aromatic rings. The topological polar surface area (TPSA) is 49.4 Å². The summed E-state index contributed by atoms with van der Waals surface area (Å²) in [6.45, 7) is 1.31. The third-order valence-corrected chi connectivity index (χ3v) is 4.13. The summed E-state index contributed by atoms with van der Waals surface area (Å²) in [5.74, 6) is 0. The molecule has 0 amide bonds. The lowest BCUT2D eigenvalue weighted by atomic mass is 10.4. The SMILES string of the molecule is CN(C)CCCNS(=O)(=O)c1cccc(Br)c1.Cl. The van der Waals surface area contributed by atoms with Gasteiger partial charge in [-0.3, -0.25) is 0 Å². The highest BCUT2D eigenvalue weighted by molar-refractivity contribution is 9.10. The molecule has 0 spiro atoms. The maximum Gasteiger partial charge on any atom is 0.240 e. The minimum Gasteiger partial charge on any atom is -0.309 e. The van der Waals surface area contributed by atoms with Gasteiger partial charge in [-0.2, -0.15) is 0 Å². The van der Waals surface area contributed by atoms with Gasteiger partial charge in [-0.15, -0.1) is 12.4 Å². The van der Waals surface area contributed by atoms with Crippen LogP contribution in [0.3, 0.4) is 0 Å². The first-order valence-corrected chi connectivity index (χ1v) is 7.59. The second kappa shape index (κ2) is 8.12. The zero-order valence-electron chi connectivity index (χ0n) is 10.4. The summed E-state index contributed by atoms with van der Waals surface area (Å²) in [6, 6.07) is 6.68. The fourth-order valence-electron chi connectivity index (χ4n) is 1.32. The molecule has 0 aliphatic rings. The number of halogens is 2. The van der Waals surface area contributed by atoms with Gasteiger partial charge in [0.25, 0.3) is 0 Å². The summed E-state index contributed by atoms with van der Waals surface area (Å²) in [4.78, 5) is 2.31. The van der Waals surface area contributed by atoms with Crippen LogP contribution in [0.1, 0.15) is 6.42 Å². The summed E-state index contributed by atoms with van der Waals surface area (Å²) in [5, 5.41) is 0. The second-order valence-electron chi connectivity index (χ2n) is 4.01. The average Bonchev–Trinajstić information content (AvgIpc) is 2.24. The highest BCUT2D eigenvalue weighted by Crippen LogP contribution is 2.15. The monoisotopic (exact) mass is 356 g/mol. The first kappa shape index (κ1) is 17.9. The van der Waals surface area contributed by atoms with Gasteiger partial charge in [0.05, 0.1) is 4.90 Å². The summed E-state index contributed by atoms with van der Waals surface area (Å²) < 4.78 is 27.1. The molecule has 4 nitrogen and oxygen atoms in total. The third kappa shape index (κ3) is 6.15.